The molecule has 0 radical (unpaired) electrons. The Morgan fingerprint density at radius 3 is 2.70 bits per heavy atom. The fourth-order valence-corrected chi connectivity index (χ4v) is 2.96. The van der Waals surface area contributed by atoms with Crippen molar-refractivity contribution >= 4 is 5.91 Å². The van der Waals surface area contributed by atoms with Crippen LogP contribution in [-0.4, -0.2) is 41.1 Å². The lowest BCUT2D eigenvalue weighted by Crippen LogP contribution is -2.38. The van der Waals surface area contributed by atoms with Crippen molar-refractivity contribution < 1.29 is 18.4 Å². The summed E-state index contributed by atoms with van der Waals surface area (Å²) in [4.78, 5) is 18.4. The minimum Gasteiger partial charge on any atom is -0.497 e. The number of hydrogen-bond donors (Lipinski definition) is 0. The van der Waals surface area contributed by atoms with Gasteiger partial charge in [-0.2, -0.15) is 4.98 Å². The molecule has 0 aliphatic carbocycles. The summed E-state index contributed by atoms with van der Waals surface area (Å²) in [5.74, 6) is 0.428. The van der Waals surface area contributed by atoms with Crippen LogP contribution in [0.1, 0.15) is 40.5 Å². The van der Waals surface area contributed by atoms with Gasteiger partial charge in [-0.1, -0.05) is 5.16 Å². The molecule has 0 bridgehead atoms. The smallest absolute Gasteiger partial charge is 0.257 e. The van der Waals surface area contributed by atoms with E-state index in [2.05, 4.69) is 10.1 Å². The summed E-state index contributed by atoms with van der Waals surface area (Å²) in [6, 6.07) is 2.91. The van der Waals surface area contributed by atoms with E-state index < -0.39 is 5.82 Å². The molecule has 3 rings (SSSR count). The molecule has 7 heteroatoms. The van der Waals surface area contributed by atoms with E-state index >= 15 is 0 Å². The van der Waals surface area contributed by atoms with Gasteiger partial charge in [0.15, 0.2) is 5.82 Å². The van der Waals surface area contributed by atoms with Crippen LogP contribution in [0.15, 0.2) is 23.0 Å². The van der Waals surface area contributed by atoms with Gasteiger partial charge in [0.05, 0.1) is 12.7 Å². The highest BCUT2D eigenvalue weighted by molar-refractivity contribution is 5.96. The highest BCUT2D eigenvalue weighted by atomic mass is 19.1. The van der Waals surface area contributed by atoms with Crippen LogP contribution in [0.3, 0.4) is 0 Å². The van der Waals surface area contributed by atoms with Gasteiger partial charge in [-0.15, -0.1) is 0 Å². The number of aromatic nitrogens is 2. The number of nitrogens with zero attached hydrogens (tertiary/aromatic N) is 3. The van der Waals surface area contributed by atoms with Gasteiger partial charge in [0, 0.05) is 25.1 Å². The van der Waals surface area contributed by atoms with Gasteiger partial charge in [0.25, 0.3) is 5.91 Å². The first-order valence-electron chi connectivity index (χ1n) is 7.50. The third-order valence-corrected chi connectivity index (χ3v) is 4.24. The van der Waals surface area contributed by atoms with Crippen LogP contribution >= 0.6 is 0 Å². The summed E-state index contributed by atoms with van der Waals surface area (Å²) in [5, 5.41) is 3.85. The number of rotatable bonds is 3. The number of piperidine rings is 1. The second kappa shape index (κ2) is 6.36. The number of carbonyl (C=O) groups excluding carboxylic acids is 1. The first kappa shape index (κ1) is 15.5. The second-order valence-electron chi connectivity index (χ2n) is 5.66. The molecule has 0 atom stereocenters. The summed E-state index contributed by atoms with van der Waals surface area (Å²) in [6.07, 6.45) is 2.78. The van der Waals surface area contributed by atoms with Crippen molar-refractivity contribution in [3.63, 3.8) is 0 Å². The first-order chi connectivity index (χ1) is 11.1. The van der Waals surface area contributed by atoms with E-state index in [-0.39, 0.29) is 17.4 Å². The Morgan fingerprint density at radius 2 is 2.13 bits per heavy atom. The van der Waals surface area contributed by atoms with Crippen LogP contribution < -0.4 is 4.74 Å². The number of benzene rings is 1. The molecule has 1 saturated heterocycles. The van der Waals surface area contributed by atoms with Crippen molar-refractivity contribution in [2.24, 2.45) is 0 Å². The van der Waals surface area contributed by atoms with E-state index in [0.29, 0.717) is 30.2 Å². The SMILES string of the molecule is COc1cc(C)c(C(=O)N2CCC(c3ncon3)CC2)c(F)c1. The minimum absolute atomic E-state index is 0.115. The maximum Gasteiger partial charge on any atom is 0.257 e. The number of ether oxygens (including phenoxy) is 1. The lowest BCUT2D eigenvalue weighted by atomic mass is 9.95. The van der Waals surface area contributed by atoms with E-state index in [1.165, 1.54) is 19.6 Å². The predicted molar refractivity (Wildman–Crippen MR) is 79.9 cm³/mol. The van der Waals surface area contributed by atoms with Gasteiger partial charge in [0.1, 0.15) is 11.6 Å². The number of halogens is 1. The summed E-state index contributed by atoms with van der Waals surface area (Å²) >= 11 is 0. The largest absolute Gasteiger partial charge is 0.497 e. The molecule has 1 amide bonds. The molecular weight excluding hydrogens is 301 g/mol. The normalized spacial score (nSPS) is 15.7. The molecule has 0 unspecified atom stereocenters. The van der Waals surface area contributed by atoms with Crippen LogP contribution in [0.2, 0.25) is 0 Å². The van der Waals surface area contributed by atoms with Gasteiger partial charge in [-0.3, -0.25) is 4.79 Å². The van der Waals surface area contributed by atoms with Crippen LogP contribution in [-0.2, 0) is 0 Å². The number of amides is 1. The lowest BCUT2D eigenvalue weighted by Gasteiger charge is -2.31. The lowest BCUT2D eigenvalue weighted by molar-refractivity contribution is 0.0705. The van der Waals surface area contributed by atoms with E-state index in [9.17, 15) is 9.18 Å². The Morgan fingerprint density at radius 1 is 1.39 bits per heavy atom. The molecule has 23 heavy (non-hydrogen) atoms. The summed E-state index contributed by atoms with van der Waals surface area (Å²) in [6.45, 7) is 2.80. The number of aryl methyl sites for hydroxylation is 1. The fourth-order valence-electron chi connectivity index (χ4n) is 2.96. The molecule has 1 fully saturated rings. The molecule has 1 aliphatic heterocycles. The first-order valence-corrected chi connectivity index (χ1v) is 7.50. The molecule has 6 nitrogen and oxygen atoms in total. The number of methoxy groups -OCH3 is 1. The van der Waals surface area contributed by atoms with Gasteiger partial charge in [0.2, 0.25) is 6.39 Å². The average molecular weight is 319 g/mol. The zero-order chi connectivity index (χ0) is 16.4. The quantitative estimate of drug-likeness (QED) is 0.869. The maximum atomic E-state index is 14.2. The highest BCUT2D eigenvalue weighted by Gasteiger charge is 2.29. The van der Waals surface area contributed by atoms with Crippen molar-refractivity contribution in [2.75, 3.05) is 20.2 Å². The Labute approximate surface area is 133 Å². The molecule has 1 aromatic heterocycles. The summed E-state index contributed by atoms with van der Waals surface area (Å²) in [7, 11) is 1.47. The molecule has 0 N–H and O–H groups in total. The number of carbonyl (C=O) groups is 1. The standard InChI is InChI=1S/C16H18FN3O3/c1-10-7-12(22-2)8-13(17)14(10)16(21)20-5-3-11(4-6-20)15-18-9-23-19-15/h7-9,11H,3-6H2,1-2H3. The van der Waals surface area contributed by atoms with E-state index in [4.69, 9.17) is 9.26 Å². The van der Waals surface area contributed by atoms with Gasteiger partial charge < -0.3 is 14.2 Å². The highest BCUT2D eigenvalue weighted by Crippen LogP contribution is 2.28. The summed E-state index contributed by atoms with van der Waals surface area (Å²) in [5.41, 5.74) is 0.691. The van der Waals surface area contributed by atoms with Crippen LogP contribution in [0, 0.1) is 12.7 Å². The van der Waals surface area contributed by atoms with Gasteiger partial charge >= 0.3 is 0 Å². The van der Waals surface area contributed by atoms with Crippen molar-refractivity contribution in [1.29, 1.82) is 0 Å². The molecule has 2 heterocycles. The Hall–Kier alpha value is -2.44. The van der Waals surface area contributed by atoms with E-state index in [0.717, 1.165) is 12.8 Å². The predicted octanol–water partition coefficient (Wildman–Crippen LogP) is 2.55. The van der Waals surface area contributed by atoms with Gasteiger partial charge in [-0.05, 0) is 31.4 Å². The monoisotopic (exact) mass is 319 g/mol. The molecule has 1 aliphatic rings. The Balaban J connectivity index is 1.73. The van der Waals surface area contributed by atoms with Crippen molar-refractivity contribution in [3.8, 4) is 5.75 Å². The molecule has 0 spiro atoms. The number of likely N-dealkylation sites (tertiary alicyclic amines) is 1. The van der Waals surface area contributed by atoms with Crippen LogP contribution in [0.5, 0.6) is 5.75 Å². The number of hydrogen-bond acceptors (Lipinski definition) is 5. The molecule has 2 aromatic rings. The molecule has 1 aromatic carbocycles. The maximum absolute atomic E-state index is 14.2. The minimum atomic E-state index is -0.549. The van der Waals surface area contributed by atoms with E-state index in [1.54, 1.807) is 17.9 Å². The Kier molecular flexibility index (Phi) is 4.27. The fraction of sp³-hybridized carbons (Fsp3) is 0.438. The second-order valence-corrected chi connectivity index (χ2v) is 5.66. The third-order valence-electron chi connectivity index (χ3n) is 4.24. The topological polar surface area (TPSA) is 68.5 Å². The van der Waals surface area contributed by atoms with Crippen LogP contribution in [0.4, 0.5) is 4.39 Å². The van der Waals surface area contributed by atoms with Crippen molar-refractivity contribution in [1.82, 2.24) is 15.0 Å². The third kappa shape index (κ3) is 3.04. The zero-order valence-electron chi connectivity index (χ0n) is 13.1. The van der Waals surface area contributed by atoms with Crippen LogP contribution in [0.25, 0.3) is 0 Å². The van der Waals surface area contributed by atoms with Crippen molar-refractivity contribution in [3.05, 3.63) is 41.3 Å². The molecular formula is C16H18FN3O3. The molecule has 0 saturated carbocycles. The average Bonchev–Trinajstić information content (AvgIpc) is 3.08. The van der Waals surface area contributed by atoms with E-state index in [1.807, 2.05) is 0 Å². The summed E-state index contributed by atoms with van der Waals surface area (Å²) < 4.78 is 24.0. The zero-order valence-corrected chi connectivity index (χ0v) is 13.1. The van der Waals surface area contributed by atoms with Gasteiger partial charge in [-0.25, -0.2) is 4.39 Å². The Bertz CT molecular complexity index is 672. The van der Waals surface area contributed by atoms with Crippen molar-refractivity contribution in [2.45, 2.75) is 25.7 Å². The molecule has 122 valence electrons.